The maximum absolute atomic E-state index is 13.6. The van der Waals surface area contributed by atoms with Crippen molar-refractivity contribution in [1.29, 1.82) is 0 Å². The first-order valence-corrected chi connectivity index (χ1v) is 12.9. The maximum atomic E-state index is 13.6. The SMILES string of the molecule is CC[C@H](C)NC(=O)c1ccccc1NC(=O)CN(c1cccc(C)c1)S(=O)(=O)c1ccc(C)cc1. The van der Waals surface area contributed by atoms with Gasteiger partial charge in [0.15, 0.2) is 0 Å². The molecule has 1 atom stereocenters. The van der Waals surface area contributed by atoms with E-state index < -0.39 is 22.5 Å². The lowest BCUT2D eigenvalue weighted by Crippen LogP contribution is -2.38. The first-order valence-electron chi connectivity index (χ1n) is 11.5. The molecule has 0 fully saturated rings. The average molecular weight is 494 g/mol. The van der Waals surface area contributed by atoms with Gasteiger partial charge in [0.1, 0.15) is 6.54 Å². The van der Waals surface area contributed by atoms with Crippen molar-refractivity contribution in [1.82, 2.24) is 5.32 Å². The molecule has 0 spiro atoms. The number of carbonyl (C=O) groups is 2. The number of carbonyl (C=O) groups excluding carboxylic acids is 2. The molecule has 0 heterocycles. The number of amides is 2. The molecule has 0 saturated carbocycles. The quantitative estimate of drug-likeness (QED) is 0.453. The molecule has 0 bridgehead atoms. The van der Waals surface area contributed by atoms with E-state index in [1.54, 1.807) is 54.6 Å². The second kappa shape index (κ2) is 11.2. The van der Waals surface area contributed by atoms with Crippen molar-refractivity contribution in [2.45, 2.75) is 45.1 Å². The molecular weight excluding hydrogens is 462 g/mol. The van der Waals surface area contributed by atoms with Crippen molar-refractivity contribution in [3.05, 3.63) is 89.5 Å². The molecule has 2 N–H and O–H groups in total. The monoisotopic (exact) mass is 493 g/mol. The number of para-hydroxylation sites is 1. The number of sulfonamides is 1. The number of rotatable bonds is 9. The van der Waals surface area contributed by atoms with Crippen LogP contribution in [0.15, 0.2) is 77.7 Å². The molecule has 0 aliphatic rings. The van der Waals surface area contributed by atoms with E-state index in [1.165, 1.54) is 12.1 Å². The van der Waals surface area contributed by atoms with Crippen LogP contribution in [-0.4, -0.2) is 32.8 Å². The lowest BCUT2D eigenvalue weighted by Gasteiger charge is -2.25. The fraction of sp³-hybridized carbons (Fsp3) is 0.259. The normalized spacial score (nSPS) is 12.0. The van der Waals surface area contributed by atoms with Gasteiger partial charge in [-0.25, -0.2) is 8.42 Å². The van der Waals surface area contributed by atoms with Gasteiger partial charge in [0, 0.05) is 6.04 Å². The molecule has 8 heteroatoms. The lowest BCUT2D eigenvalue weighted by molar-refractivity contribution is -0.114. The minimum absolute atomic E-state index is 0.0253. The van der Waals surface area contributed by atoms with E-state index in [0.717, 1.165) is 21.9 Å². The Morgan fingerprint density at radius 3 is 2.26 bits per heavy atom. The van der Waals surface area contributed by atoms with Gasteiger partial charge in [-0.3, -0.25) is 13.9 Å². The van der Waals surface area contributed by atoms with Crippen LogP contribution < -0.4 is 14.9 Å². The third-order valence-electron chi connectivity index (χ3n) is 5.62. The smallest absolute Gasteiger partial charge is 0.264 e. The Hall–Kier alpha value is -3.65. The highest BCUT2D eigenvalue weighted by Gasteiger charge is 2.28. The van der Waals surface area contributed by atoms with Gasteiger partial charge >= 0.3 is 0 Å². The summed E-state index contributed by atoms with van der Waals surface area (Å²) in [5.41, 5.74) is 2.79. The topological polar surface area (TPSA) is 95.6 Å². The number of nitrogens with one attached hydrogen (secondary N) is 2. The van der Waals surface area contributed by atoms with Crippen LogP contribution in [0.2, 0.25) is 0 Å². The Morgan fingerprint density at radius 2 is 1.60 bits per heavy atom. The van der Waals surface area contributed by atoms with Crippen LogP contribution in [-0.2, 0) is 14.8 Å². The van der Waals surface area contributed by atoms with E-state index in [2.05, 4.69) is 10.6 Å². The number of hydrogen-bond acceptors (Lipinski definition) is 4. The molecule has 0 aliphatic carbocycles. The van der Waals surface area contributed by atoms with Crippen LogP contribution in [0.1, 0.15) is 41.8 Å². The molecule has 0 aromatic heterocycles. The van der Waals surface area contributed by atoms with E-state index in [-0.39, 0.29) is 16.8 Å². The summed E-state index contributed by atoms with van der Waals surface area (Å²) in [6, 6.07) is 20.1. The van der Waals surface area contributed by atoms with E-state index in [1.807, 2.05) is 33.8 Å². The van der Waals surface area contributed by atoms with Crippen LogP contribution >= 0.6 is 0 Å². The maximum Gasteiger partial charge on any atom is 0.264 e. The molecule has 184 valence electrons. The molecule has 3 aromatic rings. The largest absolute Gasteiger partial charge is 0.350 e. The summed E-state index contributed by atoms with van der Waals surface area (Å²) in [5.74, 6) is -0.871. The Morgan fingerprint density at radius 1 is 0.914 bits per heavy atom. The molecule has 0 radical (unpaired) electrons. The first kappa shape index (κ1) is 26.0. The fourth-order valence-corrected chi connectivity index (χ4v) is 4.86. The Bertz CT molecular complexity index is 1300. The zero-order valence-corrected chi connectivity index (χ0v) is 21.2. The highest BCUT2D eigenvalue weighted by Crippen LogP contribution is 2.25. The van der Waals surface area contributed by atoms with E-state index in [9.17, 15) is 18.0 Å². The molecule has 35 heavy (non-hydrogen) atoms. The minimum atomic E-state index is -4.03. The number of benzene rings is 3. The zero-order chi connectivity index (χ0) is 25.6. The highest BCUT2D eigenvalue weighted by atomic mass is 32.2. The summed E-state index contributed by atoms with van der Waals surface area (Å²) >= 11 is 0. The molecule has 0 unspecified atom stereocenters. The van der Waals surface area contributed by atoms with Gasteiger partial charge in [0.05, 0.1) is 21.8 Å². The van der Waals surface area contributed by atoms with Crippen molar-refractivity contribution in [3.8, 4) is 0 Å². The first-order chi connectivity index (χ1) is 16.6. The molecule has 7 nitrogen and oxygen atoms in total. The molecule has 3 rings (SSSR count). The number of aryl methyl sites for hydroxylation is 2. The number of nitrogens with zero attached hydrogens (tertiary/aromatic N) is 1. The van der Waals surface area contributed by atoms with Crippen molar-refractivity contribution < 1.29 is 18.0 Å². The third-order valence-corrected chi connectivity index (χ3v) is 7.41. The molecule has 0 saturated heterocycles. The fourth-order valence-electron chi connectivity index (χ4n) is 3.45. The minimum Gasteiger partial charge on any atom is -0.350 e. The number of hydrogen-bond donors (Lipinski definition) is 2. The predicted molar refractivity (Wildman–Crippen MR) is 139 cm³/mol. The Labute approximate surface area is 207 Å². The van der Waals surface area contributed by atoms with Gasteiger partial charge in [-0.2, -0.15) is 0 Å². The Balaban J connectivity index is 1.91. The molecule has 0 aliphatic heterocycles. The van der Waals surface area contributed by atoms with E-state index in [0.29, 0.717) is 16.9 Å². The van der Waals surface area contributed by atoms with Gasteiger partial charge in [-0.15, -0.1) is 0 Å². The Kier molecular flexibility index (Phi) is 8.30. The van der Waals surface area contributed by atoms with Gasteiger partial charge in [-0.05, 0) is 69.2 Å². The second-order valence-corrected chi connectivity index (χ2v) is 10.4. The van der Waals surface area contributed by atoms with Gasteiger partial charge in [0.25, 0.3) is 15.9 Å². The van der Waals surface area contributed by atoms with Gasteiger partial charge in [-0.1, -0.05) is 48.9 Å². The summed E-state index contributed by atoms with van der Waals surface area (Å²) in [4.78, 5) is 25.9. The van der Waals surface area contributed by atoms with Crippen LogP contribution in [0.25, 0.3) is 0 Å². The summed E-state index contributed by atoms with van der Waals surface area (Å²) in [6.45, 7) is 7.13. The standard InChI is InChI=1S/C27H31N3O4S/c1-5-21(4)28-27(32)24-11-6-7-12-25(24)29-26(31)18-30(22-10-8-9-20(3)17-22)35(33,34)23-15-13-19(2)14-16-23/h6-17,21H,5,18H2,1-4H3,(H,28,32)(H,29,31)/t21-/m0/s1. The van der Waals surface area contributed by atoms with Crippen LogP contribution in [0, 0.1) is 13.8 Å². The predicted octanol–water partition coefficient (Wildman–Crippen LogP) is 4.67. The second-order valence-electron chi connectivity index (χ2n) is 8.54. The summed E-state index contributed by atoms with van der Waals surface area (Å²) < 4.78 is 28.2. The van der Waals surface area contributed by atoms with Crippen LogP contribution in [0.5, 0.6) is 0 Å². The summed E-state index contributed by atoms with van der Waals surface area (Å²) in [5, 5.41) is 5.61. The molecular formula is C27H31N3O4S. The van der Waals surface area contributed by atoms with Crippen LogP contribution in [0.3, 0.4) is 0 Å². The zero-order valence-electron chi connectivity index (χ0n) is 20.4. The number of anilines is 2. The summed E-state index contributed by atoms with van der Waals surface area (Å²) in [7, 11) is -4.03. The van der Waals surface area contributed by atoms with E-state index in [4.69, 9.17) is 0 Å². The van der Waals surface area contributed by atoms with Gasteiger partial charge < -0.3 is 10.6 Å². The molecule has 3 aromatic carbocycles. The third kappa shape index (κ3) is 6.48. The highest BCUT2D eigenvalue weighted by molar-refractivity contribution is 7.92. The van der Waals surface area contributed by atoms with Crippen molar-refractivity contribution >= 4 is 33.2 Å². The van der Waals surface area contributed by atoms with Crippen molar-refractivity contribution in [3.63, 3.8) is 0 Å². The summed E-state index contributed by atoms with van der Waals surface area (Å²) in [6.07, 6.45) is 0.766. The van der Waals surface area contributed by atoms with Crippen molar-refractivity contribution in [2.24, 2.45) is 0 Å². The molecule has 2 amide bonds. The lowest BCUT2D eigenvalue weighted by atomic mass is 10.1. The van der Waals surface area contributed by atoms with Crippen molar-refractivity contribution in [2.75, 3.05) is 16.2 Å². The van der Waals surface area contributed by atoms with Gasteiger partial charge in [0.2, 0.25) is 5.91 Å². The van der Waals surface area contributed by atoms with Crippen LogP contribution in [0.4, 0.5) is 11.4 Å². The average Bonchev–Trinajstić information content (AvgIpc) is 2.83. The van der Waals surface area contributed by atoms with E-state index >= 15 is 0 Å².